The summed E-state index contributed by atoms with van der Waals surface area (Å²) in [5.74, 6) is 0.0938. The molecule has 0 bridgehead atoms. The topological polar surface area (TPSA) is 20.3 Å². The van der Waals surface area contributed by atoms with Gasteiger partial charge in [-0.2, -0.15) is 0 Å². The Bertz CT molecular complexity index is 381. The monoisotopic (exact) mass is 187 g/mol. The highest BCUT2D eigenvalue weighted by atomic mass is 16.2. The van der Waals surface area contributed by atoms with Gasteiger partial charge >= 0.3 is 0 Å². The number of carbonyl (C=O) groups excluding carboxylic acids is 1. The van der Waals surface area contributed by atoms with Crippen LogP contribution in [0.3, 0.4) is 0 Å². The lowest BCUT2D eigenvalue weighted by atomic mass is 10.0. The maximum absolute atomic E-state index is 11.4. The predicted molar refractivity (Wildman–Crippen MR) is 56.7 cm³/mol. The van der Waals surface area contributed by atoms with Crippen molar-refractivity contribution in [3.63, 3.8) is 0 Å². The summed E-state index contributed by atoms with van der Waals surface area (Å²) in [6, 6.07) is 10.2. The van der Waals surface area contributed by atoms with Crippen LogP contribution in [0.15, 0.2) is 36.4 Å². The van der Waals surface area contributed by atoms with Crippen molar-refractivity contribution in [2.75, 3.05) is 7.05 Å². The third kappa shape index (κ3) is 1.33. The van der Waals surface area contributed by atoms with E-state index in [-0.39, 0.29) is 11.9 Å². The van der Waals surface area contributed by atoms with E-state index in [4.69, 9.17) is 0 Å². The minimum atomic E-state index is 0.0938. The molecule has 0 saturated heterocycles. The lowest BCUT2D eigenvalue weighted by Gasteiger charge is -2.18. The predicted octanol–water partition coefficient (Wildman–Crippen LogP) is 1.93. The molecule has 1 amide bonds. The highest BCUT2D eigenvalue weighted by Gasteiger charge is 2.26. The minimum Gasteiger partial charge on any atom is -0.335 e. The molecule has 1 aromatic carbocycles. The number of benzene rings is 1. The summed E-state index contributed by atoms with van der Waals surface area (Å²) in [5, 5.41) is 0. The molecular weight excluding hydrogens is 174 g/mol. The van der Waals surface area contributed by atoms with Gasteiger partial charge in [-0.3, -0.25) is 4.79 Å². The van der Waals surface area contributed by atoms with Crippen LogP contribution in [0.4, 0.5) is 0 Å². The molecule has 0 aromatic heterocycles. The smallest absolute Gasteiger partial charge is 0.247 e. The average molecular weight is 187 g/mol. The van der Waals surface area contributed by atoms with Crippen molar-refractivity contribution in [3.8, 4) is 0 Å². The van der Waals surface area contributed by atoms with E-state index in [1.807, 2.05) is 44.3 Å². The van der Waals surface area contributed by atoms with Gasteiger partial charge in [-0.15, -0.1) is 0 Å². The van der Waals surface area contributed by atoms with Crippen molar-refractivity contribution in [1.82, 2.24) is 4.90 Å². The van der Waals surface area contributed by atoms with Crippen molar-refractivity contribution < 1.29 is 4.79 Å². The average Bonchev–Trinajstić information content (AvgIpc) is 2.47. The molecule has 1 unspecified atom stereocenters. The molecule has 1 heterocycles. The molecular formula is C12H13NO. The Morgan fingerprint density at radius 2 is 1.86 bits per heavy atom. The van der Waals surface area contributed by atoms with E-state index in [0.717, 1.165) is 11.1 Å². The largest absolute Gasteiger partial charge is 0.335 e. The van der Waals surface area contributed by atoms with E-state index < -0.39 is 0 Å². The van der Waals surface area contributed by atoms with Crippen LogP contribution in [-0.4, -0.2) is 23.9 Å². The van der Waals surface area contributed by atoms with Gasteiger partial charge in [-0.1, -0.05) is 30.3 Å². The van der Waals surface area contributed by atoms with Crippen molar-refractivity contribution >= 4 is 11.5 Å². The standard InChI is InChI=1S/C12H13NO/c1-9-11(8-12(14)13(9)2)10-6-4-3-5-7-10/h3-9H,1-2H3. The second-order valence-electron chi connectivity index (χ2n) is 3.59. The van der Waals surface area contributed by atoms with Gasteiger partial charge in [-0.25, -0.2) is 0 Å². The Balaban J connectivity index is 2.38. The Morgan fingerprint density at radius 1 is 1.21 bits per heavy atom. The lowest BCUT2D eigenvalue weighted by Crippen LogP contribution is -2.28. The van der Waals surface area contributed by atoms with Crippen molar-refractivity contribution in [2.45, 2.75) is 13.0 Å². The third-order valence-electron chi connectivity index (χ3n) is 2.76. The Morgan fingerprint density at radius 3 is 2.36 bits per heavy atom. The molecule has 1 aliphatic heterocycles. The van der Waals surface area contributed by atoms with Gasteiger partial charge in [0.1, 0.15) is 0 Å². The molecule has 2 nitrogen and oxygen atoms in total. The summed E-state index contributed by atoms with van der Waals surface area (Å²) >= 11 is 0. The number of rotatable bonds is 1. The van der Waals surface area contributed by atoms with Crippen molar-refractivity contribution in [2.24, 2.45) is 0 Å². The van der Waals surface area contributed by atoms with Crippen LogP contribution >= 0.6 is 0 Å². The number of hydrogen-bond donors (Lipinski definition) is 0. The zero-order valence-electron chi connectivity index (χ0n) is 8.40. The third-order valence-corrected chi connectivity index (χ3v) is 2.76. The van der Waals surface area contributed by atoms with Crippen LogP contribution in [-0.2, 0) is 4.79 Å². The van der Waals surface area contributed by atoms with Gasteiger partial charge in [0.05, 0.1) is 6.04 Å². The van der Waals surface area contributed by atoms with E-state index in [9.17, 15) is 4.79 Å². The molecule has 1 aromatic rings. The van der Waals surface area contributed by atoms with Crippen LogP contribution in [0.5, 0.6) is 0 Å². The molecule has 0 fully saturated rings. The van der Waals surface area contributed by atoms with E-state index in [1.54, 1.807) is 11.0 Å². The first kappa shape index (κ1) is 9.00. The zero-order valence-corrected chi connectivity index (χ0v) is 8.40. The summed E-state index contributed by atoms with van der Waals surface area (Å²) in [6.07, 6.45) is 1.72. The summed E-state index contributed by atoms with van der Waals surface area (Å²) in [6.45, 7) is 2.05. The Kier molecular flexibility index (Phi) is 2.12. The van der Waals surface area contributed by atoms with Crippen LogP contribution < -0.4 is 0 Å². The minimum absolute atomic E-state index is 0.0938. The molecule has 1 aliphatic rings. The van der Waals surface area contributed by atoms with Gasteiger partial charge < -0.3 is 4.90 Å². The molecule has 14 heavy (non-hydrogen) atoms. The Labute approximate surface area is 83.8 Å². The maximum atomic E-state index is 11.4. The fraction of sp³-hybridized carbons (Fsp3) is 0.250. The van der Waals surface area contributed by atoms with E-state index in [2.05, 4.69) is 0 Å². The van der Waals surface area contributed by atoms with Gasteiger partial charge in [0.2, 0.25) is 5.91 Å². The normalized spacial score (nSPS) is 21.3. The summed E-state index contributed by atoms with van der Waals surface area (Å²) in [4.78, 5) is 13.2. The van der Waals surface area contributed by atoms with E-state index >= 15 is 0 Å². The first-order valence-electron chi connectivity index (χ1n) is 4.74. The van der Waals surface area contributed by atoms with Crippen LogP contribution in [0, 0.1) is 0 Å². The molecule has 0 aliphatic carbocycles. The van der Waals surface area contributed by atoms with Gasteiger partial charge in [0, 0.05) is 13.1 Å². The van der Waals surface area contributed by atoms with Crippen molar-refractivity contribution in [3.05, 3.63) is 42.0 Å². The highest BCUT2D eigenvalue weighted by Crippen LogP contribution is 2.26. The number of carbonyl (C=O) groups is 1. The van der Waals surface area contributed by atoms with E-state index in [0.29, 0.717) is 0 Å². The number of amides is 1. The molecule has 0 saturated carbocycles. The molecule has 0 N–H and O–H groups in total. The van der Waals surface area contributed by atoms with Crippen LogP contribution in [0.25, 0.3) is 5.57 Å². The maximum Gasteiger partial charge on any atom is 0.247 e. The first-order valence-corrected chi connectivity index (χ1v) is 4.74. The molecule has 1 atom stereocenters. The summed E-state index contributed by atoms with van der Waals surface area (Å²) in [5.41, 5.74) is 2.25. The quantitative estimate of drug-likeness (QED) is 0.658. The molecule has 72 valence electrons. The van der Waals surface area contributed by atoms with Gasteiger partial charge in [0.25, 0.3) is 0 Å². The van der Waals surface area contributed by atoms with Crippen LogP contribution in [0.2, 0.25) is 0 Å². The number of nitrogens with zero attached hydrogens (tertiary/aromatic N) is 1. The second kappa shape index (κ2) is 3.29. The highest BCUT2D eigenvalue weighted by molar-refractivity contribution is 6.01. The van der Waals surface area contributed by atoms with Crippen molar-refractivity contribution in [1.29, 1.82) is 0 Å². The number of hydrogen-bond acceptors (Lipinski definition) is 1. The van der Waals surface area contributed by atoms with E-state index in [1.165, 1.54) is 0 Å². The Hall–Kier alpha value is -1.57. The fourth-order valence-corrected chi connectivity index (χ4v) is 1.71. The second-order valence-corrected chi connectivity index (χ2v) is 3.59. The molecule has 2 heteroatoms. The SMILES string of the molecule is CC1C(c2ccccc2)=CC(=O)N1C. The summed E-state index contributed by atoms with van der Waals surface area (Å²) < 4.78 is 0. The zero-order chi connectivity index (χ0) is 10.1. The summed E-state index contributed by atoms with van der Waals surface area (Å²) in [7, 11) is 1.83. The van der Waals surface area contributed by atoms with Gasteiger partial charge in [-0.05, 0) is 18.1 Å². The van der Waals surface area contributed by atoms with Crippen LogP contribution in [0.1, 0.15) is 12.5 Å². The molecule has 0 radical (unpaired) electrons. The van der Waals surface area contributed by atoms with Gasteiger partial charge in [0.15, 0.2) is 0 Å². The number of likely N-dealkylation sites (N-methyl/N-ethyl adjacent to an activating group) is 1. The fourth-order valence-electron chi connectivity index (χ4n) is 1.71. The lowest BCUT2D eigenvalue weighted by molar-refractivity contribution is -0.124. The molecule has 2 rings (SSSR count). The molecule has 0 spiro atoms. The first-order chi connectivity index (χ1) is 6.70.